The first-order chi connectivity index (χ1) is 19.7. The average Bonchev–Trinajstić information content (AvgIpc) is 3.23. The quantitative estimate of drug-likeness (QED) is 0.223. The van der Waals surface area contributed by atoms with Crippen LogP contribution in [0.2, 0.25) is 0 Å². The highest BCUT2D eigenvalue weighted by atomic mass is 16.5. The lowest BCUT2D eigenvalue weighted by Gasteiger charge is -2.34. The summed E-state index contributed by atoms with van der Waals surface area (Å²) in [5.41, 5.74) is 4.97. The summed E-state index contributed by atoms with van der Waals surface area (Å²) in [6, 6.07) is 20.2. The van der Waals surface area contributed by atoms with Crippen molar-refractivity contribution < 1.29 is 19.4 Å². The molecular formula is C34H39N3O4. The molecule has 3 aromatic carbocycles. The number of aliphatic hydroxyl groups excluding tert-OH is 1. The first-order valence-electron chi connectivity index (χ1n) is 14.4. The average molecular weight is 554 g/mol. The fourth-order valence-electron chi connectivity index (χ4n) is 5.73. The van der Waals surface area contributed by atoms with E-state index < -0.39 is 17.7 Å². The summed E-state index contributed by atoms with van der Waals surface area (Å²) in [5.74, 6) is -0.651. The number of amides is 1. The van der Waals surface area contributed by atoms with Crippen LogP contribution in [0.1, 0.15) is 55.0 Å². The monoisotopic (exact) mass is 553 g/mol. The lowest BCUT2D eigenvalue weighted by Crippen LogP contribution is -2.44. The van der Waals surface area contributed by atoms with E-state index in [0.717, 1.165) is 54.3 Å². The van der Waals surface area contributed by atoms with Gasteiger partial charge in [0.25, 0.3) is 11.7 Å². The number of Topliss-reactive ketones (excluding diaryl/α,β-unsaturated/α-hetero) is 1. The molecule has 3 aromatic rings. The number of carbonyl (C=O) groups is 2. The van der Waals surface area contributed by atoms with Gasteiger partial charge in [-0.2, -0.15) is 0 Å². The molecule has 2 fully saturated rings. The lowest BCUT2D eigenvalue weighted by atomic mass is 9.92. The van der Waals surface area contributed by atoms with Crippen molar-refractivity contribution in [1.29, 1.82) is 0 Å². The van der Waals surface area contributed by atoms with Gasteiger partial charge in [0.2, 0.25) is 0 Å². The van der Waals surface area contributed by atoms with Crippen molar-refractivity contribution in [2.24, 2.45) is 0 Å². The van der Waals surface area contributed by atoms with Crippen molar-refractivity contribution in [2.45, 2.75) is 39.7 Å². The molecule has 2 heterocycles. The van der Waals surface area contributed by atoms with E-state index in [1.807, 2.05) is 74.5 Å². The van der Waals surface area contributed by atoms with Crippen LogP contribution in [0.4, 0.5) is 11.4 Å². The Morgan fingerprint density at radius 2 is 1.63 bits per heavy atom. The van der Waals surface area contributed by atoms with E-state index in [0.29, 0.717) is 17.9 Å². The lowest BCUT2D eigenvalue weighted by molar-refractivity contribution is -0.132. The molecular weight excluding hydrogens is 514 g/mol. The van der Waals surface area contributed by atoms with E-state index in [9.17, 15) is 14.7 Å². The van der Waals surface area contributed by atoms with Crippen molar-refractivity contribution in [3.8, 4) is 5.75 Å². The van der Waals surface area contributed by atoms with E-state index in [4.69, 9.17) is 4.74 Å². The largest absolute Gasteiger partial charge is 0.507 e. The number of rotatable bonds is 7. The number of aryl methyl sites for hydroxylation is 1. The number of hydrogen-bond acceptors (Lipinski definition) is 6. The molecule has 0 spiro atoms. The van der Waals surface area contributed by atoms with Gasteiger partial charge < -0.3 is 19.6 Å². The van der Waals surface area contributed by atoms with Gasteiger partial charge in [-0.3, -0.25) is 14.5 Å². The number of ketones is 1. The molecule has 1 amide bonds. The van der Waals surface area contributed by atoms with Crippen LogP contribution < -0.4 is 14.5 Å². The number of piperazine rings is 1. The van der Waals surface area contributed by atoms with Crippen molar-refractivity contribution in [3.05, 3.63) is 94.6 Å². The Bertz CT molecular complexity index is 1470. The highest BCUT2D eigenvalue weighted by molar-refractivity contribution is 6.51. The number of benzene rings is 3. The molecule has 214 valence electrons. The zero-order valence-electron chi connectivity index (χ0n) is 24.6. The number of anilines is 2. The Morgan fingerprint density at radius 3 is 2.27 bits per heavy atom. The number of nitrogens with zero attached hydrogens (tertiary/aromatic N) is 3. The zero-order chi connectivity index (χ0) is 29.3. The molecule has 7 nitrogen and oxygen atoms in total. The second kappa shape index (κ2) is 11.8. The molecule has 2 aliphatic rings. The molecule has 1 unspecified atom stereocenters. The maximum atomic E-state index is 13.7. The summed E-state index contributed by atoms with van der Waals surface area (Å²) in [7, 11) is 2.12. The highest BCUT2D eigenvalue weighted by Gasteiger charge is 2.47. The number of carbonyl (C=O) groups excluding carboxylic acids is 2. The van der Waals surface area contributed by atoms with Crippen LogP contribution in [-0.2, 0) is 9.59 Å². The summed E-state index contributed by atoms with van der Waals surface area (Å²) >= 11 is 0. The molecule has 2 saturated heterocycles. The molecule has 41 heavy (non-hydrogen) atoms. The van der Waals surface area contributed by atoms with Crippen molar-refractivity contribution in [2.75, 3.05) is 49.6 Å². The molecule has 0 bridgehead atoms. The summed E-state index contributed by atoms with van der Waals surface area (Å²) in [4.78, 5) is 33.5. The van der Waals surface area contributed by atoms with Crippen molar-refractivity contribution >= 4 is 28.8 Å². The second-order valence-corrected chi connectivity index (χ2v) is 11.2. The number of ether oxygens (including phenoxy) is 1. The van der Waals surface area contributed by atoms with Crippen LogP contribution >= 0.6 is 0 Å². The van der Waals surface area contributed by atoms with E-state index in [2.05, 4.69) is 30.7 Å². The van der Waals surface area contributed by atoms with Gasteiger partial charge in [0.15, 0.2) is 0 Å². The molecule has 5 rings (SSSR count). The Hall–Kier alpha value is -4.10. The van der Waals surface area contributed by atoms with Crippen molar-refractivity contribution in [3.63, 3.8) is 0 Å². The number of likely N-dealkylation sites (N-methyl/N-ethyl adjacent to an activating group) is 1. The molecule has 2 aliphatic heterocycles. The second-order valence-electron chi connectivity index (χ2n) is 11.2. The van der Waals surface area contributed by atoms with Gasteiger partial charge in [0.05, 0.1) is 18.2 Å². The fourth-order valence-corrected chi connectivity index (χ4v) is 5.73. The first-order valence-corrected chi connectivity index (χ1v) is 14.4. The fraction of sp³-hybridized carbons (Fsp3) is 0.353. The Kier molecular flexibility index (Phi) is 8.18. The third-order valence-corrected chi connectivity index (χ3v) is 8.00. The van der Waals surface area contributed by atoms with Crippen LogP contribution in [0.25, 0.3) is 5.76 Å². The van der Waals surface area contributed by atoms with Gasteiger partial charge in [-0.25, -0.2) is 0 Å². The van der Waals surface area contributed by atoms with E-state index >= 15 is 0 Å². The van der Waals surface area contributed by atoms with Crippen LogP contribution in [0, 0.1) is 6.92 Å². The summed E-state index contributed by atoms with van der Waals surface area (Å²) in [6.45, 7) is 12.4. The maximum absolute atomic E-state index is 13.7. The third-order valence-electron chi connectivity index (χ3n) is 8.00. The Morgan fingerprint density at radius 1 is 0.951 bits per heavy atom. The topological polar surface area (TPSA) is 73.3 Å². The van der Waals surface area contributed by atoms with Crippen molar-refractivity contribution in [1.82, 2.24) is 4.90 Å². The predicted octanol–water partition coefficient (Wildman–Crippen LogP) is 5.90. The molecule has 1 N–H and O–H groups in total. The molecule has 0 aromatic heterocycles. The van der Waals surface area contributed by atoms with Crippen LogP contribution in [0.3, 0.4) is 0 Å². The number of aliphatic hydroxyl groups is 1. The zero-order valence-corrected chi connectivity index (χ0v) is 24.6. The minimum atomic E-state index is -0.765. The molecule has 0 radical (unpaired) electrons. The van der Waals surface area contributed by atoms with Gasteiger partial charge in [-0.1, -0.05) is 43.7 Å². The molecule has 0 saturated carbocycles. The minimum Gasteiger partial charge on any atom is -0.507 e. The van der Waals surface area contributed by atoms with E-state index in [1.54, 1.807) is 6.07 Å². The summed E-state index contributed by atoms with van der Waals surface area (Å²) < 4.78 is 5.80. The summed E-state index contributed by atoms with van der Waals surface area (Å²) in [6.07, 6.45) is 0. The van der Waals surface area contributed by atoms with Gasteiger partial charge in [-0.15, -0.1) is 0 Å². The van der Waals surface area contributed by atoms with E-state index in [1.165, 1.54) is 4.90 Å². The standard InChI is InChI=1S/C34H39N3O4/c1-6-41-29-15-10-25(21-28(29)22(2)3)32(38)30-31(24-9-7-8-23(4)20-24)37(34(40)33(30)39)27-13-11-26(12-14-27)36-18-16-35(5)17-19-36/h7-15,20-22,31,38H,6,16-19H2,1-5H3/b32-30-. The SMILES string of the molecule is CCOc1ccc(/C(O)=C2/C(=O)C(=O)N(c3ccc(N4CCN(C)CC4)cc3)C2c2cccc(C)c2)cc1C(C)C. The molecule has 0 aliphatic carbocycles. The first kappa shape index (κ1) is 28.4. The number of hydrogen-bond donors (Lipinski definition) is 1. The Labute approximate surface area is 242 Å². The Balaban J connectivity index is 1.60. The van der Waals surface area contributed by atoms with Crippen LogP contribution in [-0.4, -0.2) is 61.5 Å². The highest BCUT2D eigenvalue weighted by Crippen LogP contribution is 2.43. The molecule has 7 heteroatoms. The van der Waals surface area contributed by atoms with Crippen LogP contribution in [0.15, 0.2) is 72.3 Å². The minimum absolute atomic E-state index is 0.0858. The predicted molar refractivity (Wildman–Crippen MR) is 164 cm³/mol. The van der Waals surface area contributed by atoms with E-state index in [-0.39, 0.29) is 17.3 Å². The third kappa shape index (κ3) is 5.59. The molecule has 1 atom stereocenters. The van der Waals surface area contributed by atoms with Gasteiger partial charge in [-0.05, 0) is 80.4 Å². The summed E-state index contributed by atoms with van der Waals surface area (Å²) in [5, 5.41) is 11.7. The smallest absolute Gasteiger partial charge is 0.300 e. The van der Waals surface area contributed by atoms with Gasteiger partial charge in [0, 0.05) is 43.1 Å². The maximum Gasteiger partial charge on any atom is 0.300 e. The van der Waals surface area contributed by atoms with Gasteiger partial charge >= 0.3 is 0 Å². The van der Waals surface area contributed by atoms with Crippen LogP contribution in [0.5, 0.6) is 5.75 Å². The van der Waals surface area contributed by atoms with Gasteiger partial charge in [0.1, 0.15) is 11.5 Å². The normalized spacial score (nSPS) is 19.3.